The quantitative estimate of drug-likeness (QED) is 0.879. The molecule has 0 saturated heterocycles. The van der Waals surface area contributed by atoms with E-state index >= 15 is 0 Å². The molecule has 0 aliphatic heterocycles. The summed E-state index contributed by atoms with van der Waals surface area (Å²) in [6.45, 7) is 3.08. The van der Waals surface area contributed by atoms with Crippen LogP contribution in [0.5, 0.6) is 0 Å². The van der Waals surface area contributed by atoms with E-state index in [0.29, 0.717) is 23.2 Å². The average Bonchev–Trinajstić information content (AvgIpc) is 2.81. The van der Waals surface area contributed by atoms with E-state index in [9.17, 15) is 4.79 Å². The Morgan fingerprint density at radius 3 is 2.89 bits per heavy atom. The summed E-state index contributed by atoms with van der Waals surface area (Å²) in [7, 11) is 1.90. The molecule has 2 aromatic heterocycles. The molecule has 0 amide bonds. The average molecular weight is 327 g/mol. The van der Waals surface area contributed by atoms with Crippen molar-refractivity contribution in [3.63, 3.8) is 0 Å². The van der Waals surface area contributed by atoms with E-state index in [4.69, 9.17) is 0 Å². The predicted octanol–water partition coefficient (Wildman–Crippen LogP) is 0.809. The largest absolute Gasteiger partial charge is 0.382 e. The zero-order valence-corrected chi connectivity index (χ0v) is 12.4. The fraction of sp³-hybridized carbons (Fsp3) is 0.455. The van der Waals surface area contributed by atoms with Crippen molar-refractivity contribution in [3.8, 4) is 0 Å². The lowest BCUT2D eigenvalue weighted by Crippen LogP contribution is -2.24. The molecular weight excluding hydrogens is 312 g/mol. The van der Waals surface area contributed by atoms with E-state index in [-0.39, 0.29) is 5.56 Å². The summed E-state index contributed by atoms with van der Waals surface area (Å²) < 4.78 is 3.77. The molecule has 0 fully saturated rings. The number of aromatic nitrogens is 5. The standard InChI is InChI=1S/C11H15BrN6O/c1-3-18-11(19)10(12)8(6-15-18)13-5-4-9-16-14-7-17(9)2/h6-7,13H,3-5H2,1-2H3. The molecule has 0 spiro atoms. The molecule has 0 bridgehead atoms. The molecule has 0 saturated carbocycles. The Morgan fingerprint density at radius 1 is 1.47 bits per heavy atom. The summed E-state index contributed by atoms with van der Waals surface area (Å²) in [5.74, 6) is 0.887. The van der Waals surface area contributed by atoms with Crippen molar-refractivity contribution in [1.82, 2.24) is 24.5 Å². The molecule has 19 heavy (non-hydrogen) atoms. The first-order valence-corrected chi connectivity index (χ1v) is 6.75. The van der Waals surface area contributed by atoms with Crippen LogP contribution in [0.25, 0.3) is 0 Å². The monoisotopic (exact) mass is 326 g/mol. The van der Waals surface area contributed by atoms with Gasteiger partial charge in [-0.05, 0) is 22.9 Å². The lowest BCUT2D eigenvalue weighted by molar-refractivity contribution is 0.612. The Kier molecular flexibility index (Phi) is 4.31. The van der Waals surface area contributed by atoms with Crippen molar-refractivity contribution in [1.29, 1.82) is 0 Å². The van der Waals surface area contributed by atoms with E-state index in [2.05, 4.69) is 36.5 Å². The first-order chi connectivity index (χ1) is 9.13. The van der Waals surface area contributed by atoms with Gasteiger partial charge in [-0.3, -0.25) is 4.79 Å². The summed E-state index contributed by atoms with van der Waals surface area (Å²) in [5.41, 5.74) is 0.558. The maximum absolute atomic E-state index is 11.9. The Labute approximate surface area is 118 Å². The highest BCUT2D eigenvalue weighted by Crippen LogP contribution is 2.15. The smallest absolute Gasteiger partial charge is 0.283 e. The number of halogens is 1. The van der Waals surface area contributed by atoms with Crippen LogP contribution in [0.4, 0.5) is 5.69 Å². The Morgan fingerprint density at radius 2 is 2.26 bits per heavy atom. The van der Waals surface area contributed by atoms with Gasteiger partial charge in [-0.15, -0.1) is 10.2 Å². The third-order valence-corrected chi connectivity index (χ3v) is 3.52. The second-order valence-electron chi connectivity index (χ2n) is 4.03. The minimum absolute atomic E-state index is 0.133. The van der Waals surface area contributed by atoms with E-state index in [1.54, 1.807) is 12.5 Å². The molecule has 0 aliphatic rings. The molecule has 0 radical (unpaired) electrons. The SMILES string of the molecule is CCn1ncc(NCCc2nncn2C)c(Br)c1=O. The normalized spacial score (nSPS) is 10.7. The minimum Gasteiger partial charge on any atom is -0.382 e. The zero-order valence-electron chi connectivity index (χ0n) is 10.8. The van der Waals surface area contributed by atoms with Gasteiger partial charge >= 0.3 is 0 Å². The molecule has 0 aromatic carbocycles. The molecule has 2 heterocycles. The fourth-order valence-electron chi connectivity index (χ4n) is 1.66. The lowest BCUT2D eigenvalue weighted by atomic mass is 10.3. The summed E-state index contributed by atoms with van der Waals surface area (Å²) in [6, 6.07) is 0. The Hall–Kier alpha value is -1.70. The number of hydrogen-bond donors (Lipinski definition) is 1. The van der Waals surface area contributed by atoms with Gasteiger partial charge in [0, 0.05) is 26.6 Å². The predicted molar refractivity (Wildman–Crippen MR) is 75.1 cm³/mol. The number of nitrogens with one attached hydrogen (secondary N) is 1. The topological polar surface area (TPSA) is 77.6 Å². The molecular formula is C11H15BrN6O. The van der Waals surface area contributed by atoms with E-state index < -0.39 is 0 Å². The number of aryl methyl sites for hydroxylation is 2. The molecule has 0 aliphatic carbocycles. The van der Waals surface area contributed by atoms with Crippen molar-refractivity contribution in [2.45, 2.75) is 19.9 Å². The third kappa shape index (κ3) is 3.01. The van der Waals surface area contributed by atoms with Crippen molar-refractivity contribution < 1.29 is 0 Å². The Bertz CT molecular complexity index is 620. The lowest BCUT2D eigenvalue weighted by Gasteiger charge is -2.09. The van der Waals surface area contributed by atoms with Gasteiger partial charge in [0.2, 0.25) is 0 Å². The molecule has 0 unspecified atom stereocenters. The van der Waals surface area contributed by atoms with Crippen LogP contribution in [0.2, 0.25) is 0 Å². The van der Waals surface area contributed by atoms with Crippen LogP contribution in [0, 0.1) is 0 Å². The van der Waals surface area contributed by atoms with Gasteiger partial charge in [-0.2, -0.15) is 5.10 Å². The molecule has 8 heteroatoms. The highest BCUT2D eigenvalue weighted by Gasteiger charge is 2.08. The Balaban J connectivity index is 2.02. The number of nitrogens with zero attached hydrogens (tertiary/aromatic N) is 5. The van der Waals surface area contributed by atoms with E-state index in [1.807, 2.05) is 18.5 Å². The van der Waals surface area contributed by atoms with Gasteiger partial charge < -0.3 is 9.88 Å². The van der Waals surface area contributed by atoms with Crippen LogP contribution < -0.4 is 10.9 Å². The van der Waals surface area contributed by atoms with Crippen molar-refractivity contribution >= 4 is 21.6 Å². The second kappa shape index (κ2) is 5.96. The minimum atomic E-state index is -0.133. The van der Waals surface area contributed by atoms with Crippen LogP contribution in [0.15, 0.2) is 21.8 Å². The number of hydrogen-bond acceptors (Lipinski definition) is 5. The van der Waals surface area contributed by atoms with Gasteiger partial charge in [0.15, 0.2) is 0 Å². The van der Waals surface area contributed by atoms with Gasteiger partial charge in [-0.25, -0.2) is 4.68 Å². The summed E-state index contributed by atoms with van der Waals surface area (Å²) >= 11 is 3.30. The van der Waals surface area contributed by atoms with Crippen LogP contribution in [-0.2, 0) is 20.0 Å². The molecule has 2 aromatic rings. The summed E-state index contributed by atoms with van der Waals surface area (Å²) in [4.78, 5) is 11.9. The summed E-state index contributed by atoms with van der Waals surface area (Å²) in [5, 5.41) is 15.0. The molecule has 7 nitrogen and oxygen atoms in total. The number of rotatable bonds is 5. The highest BCUT2D eigenvalue weighted by atomic mass is 79.9. The van der Waals surface area contributed by atoms with E-state index in [1.165, 1.54) is 4.68 Å². The fourth-order valence-corrected chi connectivity index (χ4v) is 2.10. The van der Waals surface area contributed by atoms with Crippen molar-refractivity contribution in [3.05, 3.63) is 33.2 Å². The van der Waals surface area contributed by atoms with Gasteiger partial charge in [0.1, 0.15) is 16.6 Å². The maximum Gasteiger partial charge on any atom is 0.283 e. The van der Waals surface area contributed by atoms with Crippen LogP contribution in [0.1, 0.15) is 12.7 Å². The van der Waals surface area contributed by atoms with Crippen LogP contribution in [0.3, 0.4) is 0 Å². The molecule has 1 N–H and O–H groups in total. The second-order valence-corrected chi connectivity index (χ2v) is 4.82. The number of anilines is 1. The van der Waals surface area contributed by atoms with Crippen LogP contribution in [-0.4, -0.2) is 31.1 Å². The molecule has 2 rings (SSSR count). The molecule has 102 valence electrons. The van der Waals surface area contributed by atoms with Gasteiger partial charge in [0.25, 0.3) is 5.56 Å². The molecule has 0 atom stereocenters. The van der Waals surface area contributed by atoms with Gasteiger partial charge in [-0.1, -0.05) is 0 Å². The zero-order chi connectivity index (χ0) is 13.8. The van der Waals surface area contributed by atoms with Crippen molar-refractivity contribution in [2.24, 2.45) is 7.05 Å². The first kappa shape index (κ1) is 13.7. The van der Waals surface area contributed by atoms with Crippen molar-refractivity contribution in [2.75, 3.05) is 11.9 Å². The van der Waals surface area contributed by atoms with Crippen LogP contribution >= 0.6 is 15.9 Å². The van der Waals surface area contributed by atoms with E-state index in [0.717, 1.165) is 12.2 Å². The highest BCUT2D eigenvalue weighted by molar-refractivity contribution is 9.10. The first-order valence-electron chi connectivity index (χ1n) is 5.95. The summed E-state index contributed by atoms with van der Waals surface area (Å²) in [6.07, 6.45) is 4.03. The third-order valence-electron chi connectivity index (χ3n) is 2.75. The maximum atomic E-state index is 11.9. The van der Waals surface area contributed by atoms with Gasteiger partial charge in [0.05, 0.1) is 11.9 Å².